The third-order valence-corrected chi connectivity index (χ3v) is 6.72. The van der Waals surface area contributed by atoms with Crippen molar-refractivity contribution in [3.05, 3.63) is 54.1 Å². The largest absolute Gasteiger partial charge is 0.467 e. The molecule has 1 saturated heterocycles. The minimum absolute atomic E-state index is 0. The molecule has 4 amide bonds. The molecule has 13 nitrogen and oxygen atoms in total. The Morgan fingerprint density at radius 1 is 1.12 bits per heavy atom. The molecule has 2 heterocycles. The van der Waals surface area contributed by atoms with Gasteiger partial charge in [-0.05, 0) is 25.3 Å². The Bertz CT molecular complexity index is 1170. The first-order valence-corrected chi connectivity index (χ1v) is 13.4. The van der Waals surface area contributed by atoms with E-state index < -0.39 is 54.0 Å². The number of likely N-dealkylation sites (tertiary alicyclic amines) is 1. The Morgan fingerprint density at radius 3 is 2.49 bits per heavy atom. The van der Waals surface area contributed by atoms with Gasteiger partial charge in [-0.15, -0.1) is 12.4 Å². The molecular weight excluding hydrogens is 576 g/mol. The summed E-state index contributed by atoms with van der Waals surface area (Å²) in [5, 5.41) is 7.69. The summed E-state index contributed by atoms with van der Waals surface area (Å²) < 4.78 is 9.97. The minimum atomic E-state index is -1.05. The van der Waals surface area contributed by atoms with Crippen molar-refractivity contribution in [2.24, 2.45) is 0 Å². The maximum absolute atomic E-state index is 13.2. The first-order valence-electron chi connectivity index (χ1n) is 12.8. The maximum atomic E-state index is 13.2. The molecule has 15 heteroatoms. The first-order chi connectivity index (χ1) is 19.2. The number of carbonyl (C=O) groups excluding carboxylic acids is 5. The normalized spacial score (nSPS) is 16.4. The van der Waals surface area contributed by atoms with Crippen molar-refractivity contribution in [1.82, 2.24) is 30.8 Å². The average molecular weight is 611 g/mol. The number of esters is 1. The lowest BCUT2D eigenvalue weighted by Crippen LogP contribution is -2.57. The number of hydrogen-bond donors (Lipinski definition) is 5. The molecule has 1 aromatic heterocycles. The van der Waals surface area contributed by atoms with Crippen molar-refractivity contribution < 1.29 is 33.4 Å². The predicted octanol–water partition coefficient (Wildman–Crippen LogP) is 0.752. The number of methoxy groups -OCH3 is 1. The molecule has 0 unspecified atom stereocenters. The van der Waals surface area contributed by atoms with E-state index in [0.717, 1.165) is 5.56 Å². The van der Waals surface area contributed by atoms with Gasteiger partial charge in [0.25, 0.3) is 0 Å². The Hall–Kier alpha value is -3.78. The van der Waals surface area contributed by atoms with Crippen LogP contribution in [-0.2, 0) is 41.7 Å². The van der Waals surface area contributed by atoms with Crippen molar-refractivity contribution in [2.75, 3.05) is 19.4 Å². The Balaban J connectivity index is 0.00000588. The number of carbonyl (C=O) groups is 5. The number of aromatic amines is 1. The van der Waals surface area contributed by atoms with Gasteiger partial charge in [0.1, 0.15) is 30.8 Å². The summed E-state index contributed by atoms with van der Waals surface area (Å²) in [5.41, 5.74) is 1.41. The van der Waals surface area contributed by atoms with Gasteiger partial charge in [0.2, 0.25) is 17.7 Å². The van der Waals surface area contributed by atoms with Crippen LogP contribution < -0.4 is 16.0 Å². The van der Waals surface area contributed by atoms with Crippen LogP contribution >= 0.6 is 25.0 Å². The number of hydrogen-bond acceptors (Lipinski definition) is 9. The van der Waals surface area contributed by atoms with Crippen molar-refractivity contribution in [3.8, 4) is 0 Å². The topological polar surface area (TPSA) is 172 Å². The SMILES string of the molecule is COC(=O)[C@H](Cc1cnc[nH]1)NC(=O)[C@@H]1CCCN1C(=O)[C@H](C)NC(=O)[C@H](CS)NC(=O)OCc1ccccc1.Cl. The fourth-order valence-corrected chi connectivity index (χ4v) is 4.51. The number of amides is 4. The van der Waals surface area contributed by atoms with Crippen LogP contribution in [0.25, 0.3) is 0 Å². The van der Waals surface area contributed by atoms with Crippen molar-refractivity contribution in [1.29, 1.82) is 0 Å². The molecule has 224 valence electrons. The molecule has 0 spiro atoms. The van der Waals surface area contributed by atoms with E-state index >= 15 is 0 Å². The Morgan fingerprint density at radius 2 is 1.85 bits per heavy atom. The number of benzene rings is 1. The Labute approximate surface area is 249 Å². The van der Waals surface area contributed by atoms with Crippen LogP contribution in [-0.4, -0.2) is 88.2 Å². The molecule has 1 fully saturated rings. The fraction of sp³-hybridized carbons (Fsp3) is 0.462. The van der Waals surface area contributed by atoms with Gasteiger partial charge in [-0.25, -0.2) is 14.6 Å². The molecule has 0 saturated carbocycles. The van der Waals surface area contributed by atoms with Gasteiger partial charge in [-0.1, -0.05) is 30.3 Å². The van der Waals surface area contributed by atoms with E-state index in [9.17, 15) is 24.0 Å². The van der Waals surface area contributed by atoms with Crippen LogP contribution in [0.4, 0.5) is 4.79 Å². The van der Waals surface area contributed by atoms with E-state index in [4.69, 9.17) is 9.47 Å². The summed E-state index contributed by atoms with van der Waals surface area (Å²) in [4.78, 5) is 71.7. The first kappa shape index (κ1) is 33.4. The molecule has 1 aliphatic heterocycles. The molecule has 2 aromatic rings. The third-order valence-electron chi connectivity index (χ3n) is 6.35. The van der Waals surface area contributed by atoms with E-state index in [1.807, 2.05) is 18.2 Å². The smallest absolute Gasteiger partial charge is 0.408 e. The number of thiol groups is 1. The van der Waals surface area contributed by atoms with Gasteiger partial charge in [0, 0.05) is 30.6 Å². The summed E-state index contributed by atoms with van der Waals surface area (Å²) in [5.74, 6) is -2.27. The minimum Gasteiger partial charge on any atom is -0.467 e. The van der Waals surface area contributed by atoms with Crippen LogP contribution in [0.5, 0.6) is 0 Å². The number of H-pyrrole nitrogens is 1. The van der Waals surface area contributed by atoms with Gasteiger partial charge >= 0.3 is 12.1 Å². The van der Waals surface area contributed by atoms with E-state index in [-0.39, 0.29) is 31.2 Å². The van der Waals surface area contributed by atoms with E-state index in [1.165, 1.54) is 31.5 Å². The fourth-order valence-electron chi connectivity index (χ4n) is 4.25. The lowest BCUT2D eigenvalue weighted by molar-refractivity contribution is -0.146. The number of nitrogens with zero attached hydrogens (tertiary/aromatic N) is 2. The van der Waals surface area contributed by atoms with E-state index in [0.29, 0.717) is 25.1 Å². The molecule has 1 aliphatic rings. The van der Waals surface area contributed by atoms with Gasteiger partial charge in [-0.3, -0.25) is 14.4 Å². The highest BCUT2D eigenvalue weighted by molar-refractivity contribution is 7.80. The zero-order valence-electron chi connectivity index (χ0n) is 22.7. The third kappa shape index (κ3) is 9.67. The van der Waals surface area contributed by atoms with E-state index in [2.05, 4.69) is 38.5 Å². The number of halogens is 1. The number of alkyl carbamates (subject to hydrolysis) is 1. The van der Waals surface area contributed by atoms with Gasteiger partial charge < -0.3 is 35.3 Å². The predicted molar refractivity (Wildman–Crippen MR) is 153 cm³/mol. The average Bonchev–Trinajstić information content (AvgIpc) is 3.66. The molecule has 3 rings (SSSR count). The lowest BCUT2D eigenvalue weighted by atomic mass is 10.1. The molecule has 1 aromatic carbocycles. The molecule has 0 aliphatic carbocycles. The van der Waals surface area contributed by atoms with Gasteiger partial charge in [-0.2, -0.15) is 12.6 Å². The van der Waals surface area contributed by atoms with Crippen LogP contribution in [0.2, 0.25) is 0 Å². The second-order valence-corrected chi connectivity index (χ2v) is 9.59. The highest BCUT2D eigenvalue weighted by Gasteiger charge is 2.38. The number of aromatic nitrogens is 2. The highest BCUT2D eigenvalue weighted by Crippen LogP contribution is 2.19. The summed E-state index contributed by atoms with van der Waals surface area (Å²) >= 11 is 4.13. The number of rotatable bonds is 12. The van der Waals surface area contributed by atoms with Crippen molar-refractivity contribution >= 4 is 54.8 Å². The molecule has 4 N–H and O–H groups in total. The van der Waals surface area contributed by atoms with E-state index in [1.54, 1.807) is 12.1 Å². The maximum Gasteiger partial charge on any atom is 0.408 e. The summed E-state index contributed by atoms with van der Waals surface area (Å²) in [7, 11) is 1.22. The number of ether oxygens (including phenoxy) is 2. The van der Waals surface area contributed by atoms with Crippen LogP contribution in [0, 0.1) is 0 Å². The zero-order chi connectivity index (χ0) is 29.1. The molecular formula is C26H35ClN6O7S. The van der Waals surface area contributed by atoms with Gasteiger partial charge in [0.15, 0.2) is 0 Å². The van der Waals surface area contributed by atoms with Crippen LogP contribution in [0.1, 0.15) is 31.0 Å². The molecule has 41 heavy (non-hydrogen) atoms. The molecule has 0 radical (unpaired) electrons. The second kappa shape index (κ2) is 16.5. The monoisotopic (exact) mass is 610 g/mol. The van der Waals surface area contributed by atoms with Crippen molar-refractivity contribution in [2.45, 2.75) is 57.0 Å². The zero-order valence-corrected chi connectivity index (χ0v) is 24.4. The standard InChI is InChI=1S/C26H34N6O7S.ClH/c1-16(29-22(33)20(14-40)31-26(37)39-13-17-7-4-3-5-8-17)24(35)32-10-6-9-21(32)23(34)30-19(25(36)38-2)11-18-12-27-15-28-18;/h3-5,7-8,12,15-16,19-21,40H,6,9-11,13-14H2,1-2H3,(H,27,28)(H,29,33)(H,30,34)(H,31,37);1H/t16-,19-,20-,21-;/m0./s1. The number of nitrogens with one attached hydrogen (secondary N) is 4. The Kier molecular flexibility index (Phi) is 13.4. The summed E-state index contributed by atoms with van der Waals surface area (Å²) in [6.07, 6.45) is 3.29. The van der Waals surface area contributed by atoms with Crippen LogP contribution in [0.15, 0.2) is 42.9 Å². The number of imidazole rings is 1. The summed E-state index contributed by atoms with van der Waals surface area (Å²) in [6, 6.07) is 5.21. The molecule has 4 atom stereocenters. The quantitative estimate of drug-likeness (QED) is 0.173. The lowest BCUT2D eigenvalue weighted by Gasteiger charge is -2.29. The summed E-state index contributed by atoms with van der Waals surface area (Å²) in [6.45, 7) is 1.83. The second-order valence-electron chi connectivity index (χ2n) is 9.23. The highest BCUT2D eigenvalue weighted by atomic mass is 35.5. The van der Waals surface area contributed by atoms with Crippen molar-refractivity contribution in [3.63, 3.8) is 0 Å². The van der Waals surface area contributed by atoms with Gasteiger partial charge in [0.05, 0.1) is 13.4 Å². The van der Waals surface area contributed by atoms with Crippen LogP contribution in [0.3, 0.4) is 0 Å². The molecule has 0 bridgehead atoms.